The molecule has 0 atom stereocenters. The number of nitrogens with zero attached hydrogens (tertiary/aromatic N) is 1. The van der Waals surface area contributed by atoms with Crippen molar-refractivity contribution in [1.82, 2.24) is 0 Å². The normalized spacial score (nSPS) is 20.3. The number of carbonyl (C=O) groups is 1. The van der Waals surface area contributed by atoms with E-state index in [4.69, 9.17) is 14.2 Å². The lowest BCUT2D eigenvalue weighted by molar-refractivity contribution is -0.130. The predicted octanol–water partition coefficient (Wildman–Crippen LogP) is 3.58. The molecule has 122 valence electrons. The fourth-order valence-corrected chi connectivity index (χ4v) is 3.05. The summed E-state index contributed by atoms with van der Waals surface area (Å²) in [7, 11) is 3.19. The maximum atomic E-state index is 12.1. The smallest absolute Gasteiger partial charge is 0.363 e. The van der Waals surface area contributed by atoms with Crippen molar-refractivity contribution >= 4 is 17.9 Å². The van der Waals surface area contributed by atoms with Crippen LogP contribution in [0.4, 0.5) is 0 Å². The average molecular weight is 315 g/mol. The zero-order valence-electron chi connectivity index (χ0n) is 13.5. The topological polar surface area (TPSA) is 57.1 Å². The minimum atomic E-state index is -0.393. The Morgan fingerprint density at radius 3 is 2.65 bits per heavy atom. The molecule has 0 N–H and O–H groups in total. The lowest BCUT2D eigenvalue weighted by atomic mass is 9.89. The molecule has 0 bridgehead atoms. The van der Waals surface area contributed by atoms with Crippen LogP contribution in [-0.4, -0.2) is 26.1 Å². The molecule has 5 nitrogen and oxygen atoms in total. The maximum Gasteiger partial charge on any atom is 0.363 e. The molecule has 3 rings (SSSR count). The Morgan fingerprint density at radius 2 is 1.96 bits per heavy atom. The molecule has 1 aliphatic carbocycles. The third-order valence-electron chi connectivity index (χ3n) is 4.32. The first kappa shape index (κ1) is 15.6. The Hall–Kier alpha value is -2.30. The monoisotopic (exact) mass is 315 g/mol. The summed E-state index contributed by atoms with van der Waals surface area (Å²) in [4.78, 5) is 16.5. The molecule has 0 unspecified atom stereocenters. The first-order chi connectivity index (χ1) is 11.2. The van der Waals surface area contributed by atoms with Gasteiger partial charge in [-0.1, -0.05) is 19.3 Å². The third-order valence-corrected chi connectivity index (χ3v) is 4.32. The molecular formula is C18H21NO4. The van der Waals surface area contributed by atoms with Gasteiger partial charge in [-0.25, -0.2) is 9.79 Å². The van der Waals surface area contributed by atoms with Crippen LogP contribution in [0.3, 0.4) is 0 Å². The summed E-state index contributed by atoms with van der Waals surface area (Å²) in [6, 6.07) is 5.43. The van der Waals surface area contributed by atoms with E-state index in [9.17, 15) is 4.79 Å². The van der Waals surface area contributed by atoms with E-state index in [0.717, 1.165) is 18.4 Å². The van der Waals surface area contributed by atoms with E-state index < -0.39 is 5.97 Å². The first-order valence-electron chi connectivity index (χ1n) is 7.95. The molecule has 0 radical (unpaired) electrons. The molecule has 0 amide bonds. The van der Waals surface area contributed by atoms with E-state index in [1.165, 1.54) is 19.3 Å². The van der Waals surface area contributed by atoms with Crippen LogP contribution in [0.15, 0.2) is 28.9 Å². The summed E-state index contributed by atoms with van der Waals surface area (Å²) >= 11 is 0. The second kappa shape index (κ2) is 6.86. The van der Waals surface area contributed by atoms with Gasteiger partial charge in [0.05, 0.1) is 14.2 Å². The molecule has 5 heteroatoms. The van der Waals surface area contributed by atoms with Gasteiger partial charge in [0.1, 0.15) is 11.5 Å². The third kappa shape index (κ3) is 3.38. The zero-order valence-corrected chi connectivity index (χ0v) is 13.5. The highest BCUT2D eigenvalue weighted by Gasteiger charge is 2.30. The second-order valence-corrected chi connectivity index (χ2v) is 5.81. The number of rotatable bonds is 4. The van der Waals surface area contributed by atoms with Crippen molar-refractivity contribution in [2.24, 2.45) is 10.9 Å². The van der Waals surface area contributed by atoms with Crippen LogP contribution >= 0.6 is 0 Å². The Morgan fingerprint density at radius 1 is 1.17 bits per heavy atom. The quantitative estimate of drug-likeness (QED) is 0.629. The number of methoxy groups -OCH3 is 2. The van der Waals surface area contributed by atoms with Crippen molar-refractivity contribution in [3.05, 3.63) is 29.5 Å². The molecule has 0 aromatic heterocycles. The fourth-order valence-electron chi connectivity index (χ4n) is 3.05. The number of cyclic esters (lactones) is 1. The molecule has 23 heavy (non-hydrogen) atoms. The van der Waals surface area contributed by atoms with Crippen LogP contribution in [-0.2, 0) is 9.53 Å². The number of hydrogen-bond donors (Lipinski definition) is 0. The number of carbonyl (C=O) groups excluding carboxylic acids is 1. The summed E-state index contributed by atoms with van der Waals surface area (Å²) in [6.07, 6.45) is 7.37. The van der Waals surface area contributed by atoms with E-state index in [1.54, 1.807) is 26.4 Å². The Kier molecular flexibility index (Phi) is 4.65. The highest BCUT2D eigenvalue weighted by molar-refractivity contribution is 6.08. The Bertz CT molecular complexity index is 657. The minimum Gasteiger partial charge on any atom is -0.497 e. The van der Waals surface area contributed by atoms with Crippen LogP contribution in [0.5, 0.6) is 11.5 Å². The van der Waals surface area contributed by atoms with Gasteiger partial charge in [0.2, 0.25) is 5.90 Å². The highest BCUT2D eigenvalue weighted by atomic mass is 16.6. The number of benzene rings is 1. The van der Waals surface area contributed by atoms with Crippen molar-refractivity contribution in [3.8, 4) is 11.5 Å². The number of aliphatic imine (C=N–C) groups is 1. The Balaban J connectivity index is 1.89. The molecule has 1 aromatic rings. The van der Waals surface area contributed by atoms with Crippen molar-refractivity contribution in [1.29, 1.82) is 0 Å². The van der Waals surface area contributed by atoms with Gasteiger partial charge in [-0.2, -0.15) is 0 Å². The van der Waals surface area contributed by atoms with Gasteiger partial charge in [-0.15, -0.1) is 0 Å². The van der Waals surface area contributed by atoms with Crippen LogP contribution in [0.1, 0.15) is 37.7 Å². The molecule has 0 spiro atoms. The zero-order chi connectivity index (χ0) is 16.2. The molecule has 1 heterocycles. The largest absolute Gasteiger partial charge is 0.497 e. The van der Waals surface area contributed by atoms with Gasteiger partial charge in [-0.05, 0) is 37.1 Å². The lowest BCUT2D eigenvalue weighted by Crippen LogP contribution is -2.19. The fraction of sp³-hybridized carbons (Fsp3) is 0.444. The van der Waals surface area contributed by atoms with Crippen LogP contribution < -0.4 is 9.47 Å². The van der Waals surface area contributed by atoms with Crippen LogP contribution in [0.25, 0.3) is 6.08 Å². The molecule has 2 aliphatic rings. The summed E-state index contributed by atoms with van der Waals surface area (Å²) in [6.45, 7) is 0. The summed E-state index contributed by atoms with van der Waals surface area (Å²) in [5, 5.41) is 0. The van der Waals surface area contributed by atoms with Gasteiger partial charge in [0, 0.05) is 11.5 Å². The van der Waals surface area contributed by atoms with E-state index in [-0.39, 0.29) is 5.92 Å². The van der Waals surface area contributed by atoms with E-state index in [2.05, 4.69) is 4.99 Å². The Labute approximate surface area is 136 Å². The number of hydrogen-bond acceptors (Lipinski definition) is 5. The number of esters is 1. The molecular weight excluding hydrogens is 294 g/mol. The predicted molar refractivity (Wildman–Crippen MR) is 87.6 cm³/mol. The lowest BCUT2D eigenvalue weighted by Gasteiger charge is -2.19. The van der Waals surface area contributed by atoms with Gasteiger partial charge in [0.25, 0.3) is 0 Å². The summed E-state index contributed by atoms with van der Waals surface area (Å²) in [5.74, 6) is 1.80. The van der Waals surface area contributed by atoms with Crippen molar-refractivity contribution < 1.29 is 19.0 Å². The maximum absolute atomic E-state index is 12.1. The van der Waals surface area contributed by atoms with Crippen LogP contribution in [0, 0.1) is 5.92 Å². The minimum absolute atomic E-state index is 0.269. The second-order valence-electron chi connectivity index (χ2n) is 5.81. The van der Waals surface area contributed by atoms with Gasteiger partial charge >= 0.3 is 5.97 Å². The van der Waals surface area contributed by atoms with E-state index in [0.29, 0.717) is 23.1 Å². The van der Waals surface area contributed by atoms with E-state index >= 15 is 0 Å². The standard InChI is InChI=1S/C18H21NO4/c1-21-14-8-9-16(22-2)13(10-14)11-15-18(20)23-17(19-15)12-6-4-3-5-7-12/h8-12H,3-7H2,1-2H3/b15-11+. The van der Waals surface area contributed by atoms with Crippen molar-refractivity contribution in [2.45, 2.75) is 32.1 Å². The van der Waals surface area contributed by atoms with Gasteiger partial charge < -0.3 is 14.2 Å². The number of ether oxygens (including phenoxy) is 3. The molecule has 1 fully saturated rings. The molecule has 1 aliphatic heterocycles. The molecule has 0 saturated heterocycles. The molecule has 1 aromatic carbocycles. The van der Waals surface area contributed by atoms with E-state index in [1.807, 2.05) is 12.1 Å². The van der Waals surface area contributed by atoms with Crippen molar-refractivity contribution in [2.75, 3.05) is 14.2 Å². The highest BCUT2D eigenvalue weighted by Crippen LogP contribution is 2.31. The molecule has 1 saturated carbocycles. The SMILES string of the molecule is COc1ccc(OC)c(/C=C2/N=C(C3CCCCC3)OC2=O)c1. The van der Waals surface area contributed by atoms with Gasteiger partial charge in [0.15, 0.2) is 5.70 Å². The van der Waals surface area contributed by atoms with Crippen molar-refractivity contribution in [3.63, 3.8) is 0 Å². The first-order valence-corrected chi connectivity index (χ1v) is 7.95. The average Bonchev–Trinajstić information content (AvgIpc) is 2.96. The summed E-state index contributed by atoms with van der Waals surface area (Å²) in [5.41, 5.74) is 1.06. The van der Waals surface area contributed by atoms with Crippen LogP contribution in [0.2, 0.25) is 0 Å². The van der Waals surface area contributed by atoms with Gasteiger partial charge in [-0.3, -0.25) is 0 Å². The summed E-state index contributed by atoms with van der Waals surface area (Å²) < 4.78 is 15.9.